The quantitative estimate of drug-likeness (QED) is 0.154. The average molecular weight is 628 g/mol. The highest BCUT2D eigenvalue weighted by molar-refractivity contribution is 7.64. The highest BCUT2D eigenvalue weighted by Crippen LogP contribution is 2.61. The van der Waals surface area contributed by atoms with E-state index in [0.717, 1.165) is 53.9 Å². The maximum atomic E-state index is 13.8. The minimum Gasteiger partial charge on any atom is -0.320 e. The number of hydrogen-bond acceptors (Lipinski definition) is 6. The third-order valence-corrected chi connectivity index (χ3v) is 11.7. The van der Waals surface area contributed by atoms with Gasteiger partial charge in [0.25, 0.3) is 0 Å². The lowest BCUT2D eigenvalue weighted by Crippen LogP contribution is -2.36. The van der Waals surface area contributed by atoms with Crippen LogP contribution in [-0.4, -0.2) is 10.3 Å². The van der Waals surface area contributed by atoms with E-state index in [1.54, 1.807) is 18.2 Å². The molecule has 1 saturated heterocycles. The van der Waals surface area contributed by atoms with Crippen molar-refractivity contribution in [2.24, 2.45) is 0 Å². The zero-order valence-electron chi connectivity index (χ0n) is 23.5. The standard InChI is InChI=1S/C36H23NO6P2/c38-44(39,35-13-5-11-27-31-17-15-23-7-1-3-9-25(23)29(31)19-21-33(27)35)41-37-42-45(40,43-37)36-14-6-12-28-32-18-16-24-8-2-4-10-26(24)30(32)20-22-34(28)36/h1-22H,(H,38,39). The molecule has 1 heterocycles. The lowest BCUT2D eigenvalue weighted by Gasteiger charge is -2.35. The Kier molecular flexibility index (Phi) is 5.86. The van der Waals surface area contributed by atoms with Crippen LogP contribution in [0.5, 0.6) is 0 Å². The van der Waals surface area contributed by atoms with Crippen LogP contribution in [0.3, 0.4) is 0 Å². The SMILES string of the molecule is O=P(O)(ON1OP(=O)(c2cccc3c2ccc2c4ccccc4ccc32)O1)c1cccc2c1ccc1c3ccccc3ccc21. The first-order valence-electron chi connectivity index (χ1n) is 14.4. The van der Waals surface area contributed by atoms with Crippen molar-refractivity contribution < 1.29 is 27.9 Å². The second-order valence-corrected chi connectivity index (χ2v) is 14.6. The predicted molar refractivity (Wildman–Crippen MR) is 180 cm³/mol. The molecule has 0 amide bonds. The van der Waals surface area contributed by atoms with Gasteiger partial charge in [0.1, 0.15) is 5.39 Å². The van der Waals surface area contributed by atoms with Gasteiger partial charge in [-0.2, -0.15) is 13.9 Å². The molecular formula is C36H23NO6P2. The summed E-state index contributed by atoms with van der Waals surface area (Å²) in [5, 5.41) is 12.3. The van der Waals surface area contributed by atoms with E-state index in [2.05, 4.69) is 36.4 Å². The van der Waals surface area contributed by atoms with Gasteiger partial charge < -0.3 is 4.89 Å². The van der Waals surface area contributed by atoms with Crippen LogP contribution in [0.4, 0.5) is 0 Å². The van der Waals surface area contributed by atoms with Crippen molar-refractivity contribution in [1.29, 1.82) is 0 Å². The fourth-order valence-electron chi connectivity index (χ4n) is 6.60. The minimum absolute atomic E-state index is 0.0767. The molecule has 1 aliphatic rings. The summed E-state index contributed by atoms with van der Waals surface area (Å²) in [6, 6.07) is 42.7. The zero-order valence-corrected chi connectivity index (χ0v) is 25.3. The number of rotatable bonds is 4. The second-order valence-electron chi connectivity index (χ2n) is 11.1. The molecule has 9 rings (SSSR count). The predicted octanol–water partition coefficient (Wildman–Crippen LogP) is 9.05. The molecule has 0 aromatic heterocycles. The highest BCUT2D eigenvalue weighted by atomic mass is 31.2. The van der Waals surface area contributed by atoms with Crippen molar-refractivity contribution >= 4 is 90.4 Å². The first-order chi connectivity index (χ1) is 21.9. The van der Waals surface area contributed by atoms with Crippen molar-refractivity contribution in [3.63, 3.8) is 0 Å². The lowest BCUT2D eigenvalue weighted by molar-refractivity contribution is -0.469. The van der Waals surface area contributed by atoms with Gasteiger partial charge in [0, 0.05) is 0 Å². The third kappa shape index (κ3) is 4.11. The molecule has 0 saturated carbocycles. The Bertz CT molecular complexity index is 2630. The van der Waals surface area contributed by atoms with Crippen molar-refractivity contribution in [3.05, 3.63) is 133 Å². The Morgan fingerprint density at radius 2 is 0.956 bits per heavy atom. The number of hydrogen-bond donors (Lipinski definition) is 1. The zero-order chi connectivity index (χ0) is 30.3. The smallest absolute Gasteiger partial charge is 0.320 e. The average Bonchev–Trinajstić information content (AvgIpc) is 3.06. The molecule has 0 aliphatic carbocycles. The second kappa shape index (κ2) is 9.79. The topological polar surface area (TPSA) is 85.3 Å². The molecular weight excluding hydrogens is 604 g/mol. The van der Waals surface area contributed by atoms with E-state index in [1.807, 2.05) is 72.8 Å². The van der Waals surface area contributed by atoms with Gasteiger partial charge in [0.05, 0.1) is 10.6 Å². The van der Waals surface area contributed by atoms with Gasteiger partial charge in [-0.3, -0.25) is 9.13 Å². The molecule has 1 aliphatic heterocycles. The molecule has 0 radical (unpaired) electrons. The molecule has 0 spiro atoms. The molecule has 0 bridgehead atoms. The lowest BCUT2D eigenvalue weighted by atomic mass is 9.97. The molecule has 1 N–H and O–H groups in total. The first kappa shape index (κ1) is 26.9. The van der Waals surface area contributed by atoms with Crippen LogP contribution in [0, 0.1) is 0 Å². The largest absolute Gasteiger partial charge is 0.402 e. The summed E-state index contributed by atoms with van der Waals surface area (Å²) in [5.74, 6) is 0. The Hall–Kier alpha value is -4.42. The molecule has 7 nitrogen and oxygen atoms in total. The van der Waals surface area contributed by atoms with Crippen LogP contribution in [0.1, 0.15) is 0 Å². The van der Waals surface area contributed by atoms with E-state index in [-0.39, 0.29) is 5.30 Å². The van der Waals surface area contributed by atoms with Crippen molar-refractivity contribution in [2.75, 3.05) is 0 Å². The van der Waals surface area contributed by atoms with Gasteiger partial charge in [-0.05, 0) is 76.8 Å². The molecule has 8 aromatic rings. The molecule has 9 heteroatoms. The van der Waals surface area contributed by atoms with E-state index in [9.17, 15) is 14.0 Å². The monoisotopic (exact) mass is 627 g/mol. The number of nitrogens with zero attached hydrogens (tertiary/aromatic N) is 1. The van der Waals surface area contributed by atoms with Crippen LogP contribution < -0.4 is 10.6 Å². The van der Waals surface area contributed by atoms with Gasteiger partial charge in [0.2, 0.25) is 0 Å². The van der Waals surface area contributed by atoms with Crippen LogP contribution >= 0.6 is 15.2 Å². The molecule has 218 valence electrons. The van der Waals surface area contributed by atoms with Gasteiger partial charge in [-0.1, -0.05) is 121 Å². The Labute approximate surface area is 256 Å². The minimum atomic E-state index is -4.54. The molecule has 1 atom stereocenters. The van der Waals surface area contributed by atoms with Crippen LogP contribution in [-0.2, 0) is 23.0 Å². The first-order valence-corrected chi connectivity index (χ1v) is 17.5. The summed E-state index contributed by atoms with van der Waals surface area (Å²) in [7, 11) is -8.42. The van der Waals surface area contributed by atoms with Crippen molar-refractivity contribution in [1.82, 2.24) is 5.39 Å². The molecule has 8 aromatic carbocycles. The normalized spacial score (nSPS) is 16.5. The van der Waals surface area contributed by atoms with Crippen molar-refractivity contribution in [2.45, 2.75) is 0 Å². The number of fused-ring (bicyclic) bond motifs is 10. The summed E-state index contributed by atoms with van der Waals surface area (Å²) in [6.07, 6.45) is 0. The van der Waals surface area contributed by atoms with Crippen LogP contribution in [0.25, 0.3) is 64.6 Å². The summed E-state index contributed by atoms with van der Waals surface area (Å²) < 4.78 is 43.8. The van der Waals surface area contributed by atoms with Gasteiger partial charge >= 0.3 is 15.2 Å². The Balaban J connectivity index is 1.04. The highest BCUT2D eigenvalue weighted by Gasteiger charge is 2.50. The van der Waals surface area contributed by atoms with Gasteiger partial charge in [-0.25, -0.2) is 0 Å². The fourth-order valence-corrected chi connectivity index (χ4v) is 9.18. The van der Waals surface area contributed by atoms with Crippen LogP contribution in [0.15, 0.2) is 133 Å². The maximum Gasteiger partial charge on any atom is 0.402 e. The van der Waals surface area contributed by atoms with E-state index in [1.165, 1.54) is 6.07 Å². The molecule has 1 unspecified atom stereocenters. The van der Waals surface area contributed by atoms with Gasteiger partial charge in [-0.15, -0.1) is 0 Å². The van der Waals surface area contributed by atoms with E-state index in [0.29, 0.717) is 21.5 Å². The fraction of sp³-hybridized carbons (Fsp3) is 0. The number of benzene rings is 8. The Morgan fingerprint density at radius 1 is 0.511 bits per heavy atom. The van der Waals surface area contributed by atoms with Crippen LogP contribution in [0.2, 0.25) is 0 Å². The summed E-state index contributed by atoms with van der Waals surface area (Å²) in [4.78, 5) is 11.1. The van der Waals surface area contributed by atoms with Gasteiger partial charge in [0.15, 0.2) is 0 Å². The van der Waals surface area contributed by atoms with E-state index in [4.69, 9.17) is 13.9 Å². The molecule has 45 heavy (non-hydrogen) atoms. The summed E-state index contributed by atoms with van der Waals surface area (Å²) in [6.45, 7) is 0. The Morgan fingerprint density at radius 3 is 1.60 bits per heavy atom. The van der Waals surface area contributed by atoms with Crippen molar-refractivity contribution in [3.8, 4) is 0 Å². The van der Waals surface area contributed by atoms with E-state index >= 15 is 0 Å². The summed E-state index contributed by atoms with van der Waals surface area (Å²) >= 11 is 0. The third-order valence-electron chi connectivity index (χ3n) is 8.65. The molecule has 1 fully saturated rings. The van der Waals surface area contributed by atoms with E-state index < -0.39 is 15.2 Å². The summed E-state index contributed by atoms with van der Waals surface area (Å²) in [5.41, 5.74) is 0. The maximum absolute atomic E-state index is 13.8.